The van der Waals surface area contributed by atoms with E-state index in [1.807, 2.05) is 18.2 Å². The van der Waals surface area contributed by atoms with Gasteiger partial charge in [0.15, 0.2) is 16.1 Å². The molecule has 0 saturated heterocycles. The van der Waals surface area contributed by atoms with Gasteiger partial charge in [-0.15, -0.1) is 23.2 Å². The number of anilines is 2. The van der Waals surface area contributed by atoms with Crippen LogP contribution in [0.3, 0.4) is 0 Å². The monoisotopic (exact) mass is 2050 g/mol. The van der Waals surface area contributed by atoms with Crippen molar-refractivity contribution in [2.75, 3.05) is 14.7 Å². The standard InChI is InChI=1S/2C37H45N2P.2C8H12.C7H8.CH2Cl2.2BF4.2Ir/c2*1-26(2)32-21-15-22-33(27(3)4)36(32)38-25-39(37-34(28(5)6)23-16-24-35(37)29(7)8)40(30-17-11-9-12-18-30)31-19-13-10-14-20-31;2*1-2-4-6-8-7-5-3-1;1-7-5-3-2-4-6-7;2-1-3;2*2-1(3,4)5;;/h2*9-29H,1-8H3;2*1-2,7-8H,3-6H2;2-6H,1H3;1H2;;;;/q;;;;;;2*-1;;/p+2/b;;2*2-1-,8-7-;;;;;;. The van der Waals surface area contributed by atoms with Crippen LogP contribution in [0.5, 0.6) is 0 Å². The molecule has 118 heavy (non-hydrogen) atoms. The summed E-state index contributed by atoms with van der Waals surface area (Å²) in [5, 5.41) is 5.58. The third-order valence-corrected chi connectivity index (χ3v) is 23.9. The molecule has 0 atom stereocenters. The Morgan fingerprint density at radius 2 is 0.449 bits per heavy atom. The average molecular weight is 2050 g/mol. The second kappa shape index (κ2) is 58.2. The summed E-state index contributed by atoms with van der Waals surface area (Å²) in [7, 11) is -14.9. The normalized spacial score (nSPS) is 13.6. The van der Waals surface area contributed by atoms with Crippen molar-refractivity contribution < 1.29 is 74.7 Å². The number of hydrogen-bond acceptors (Lipinski definition) is 2. The van der Waals surface area contributed by atoms with Gasteiger partial charge in [0.2, 0.25) is 0 Å². The molecule has 2 aliphatic carbocycles. The largest absolute Gasteiger partial charge is 0.673 e. The van der Waals surface area contributed by atoms with E-state index in [4.69, 9.17) is 33.2 Å². The zero-order valence-electron chi connectivity index (χ0n) is 72.0. The van der Waals surface area contributed by atoms with E-state index < -0.39 is 30.7 Å². The molecule has 0 saturated carbocycles. The van der Waals surface area contributed by atoms with Crippen molar-refractivity contribution in [1.29, 1.82) is 0 Å². The zero-order chi connectivity index (χ0) is 85.8. The van der Waals surface area contributed by atoms with Gasteiger partial charge in [-0.25, -0.2) is 9.98 Å². The SMILES string of the molecule is C1=C\CC/C=C\CC/1.C1=C\CC/C=C\CC/1.CC(C)c1cccc(C(C)C)c1N=CN(c1c(C(C)C)cccc1C(C)C)[PH+](c1ccccc1)c1ccccc1.CC(C)c1cccc(C(C)C)c1N=CN(c1c(C(C)C)cccc1C(C)C)[PH+](c1ccccc1)c1ccccc1.Cc1ccccc1.ClCCl.F[B-](F)(F)F.F[B-](F)(F)F.[Ir].[Ir]. The first-order valence-corrected chi connectivity index (χ1v) is 44.8. The first-order valence-electron chi connectivity index (χ1n) is 40.8. The Morgan fingerprint density at radius 1 is 0.288 bits per heavy atom. The van der Waals surface area contributed by atoms with Crippen molar-refractivity contribution in [3.05, 3.63) is 323 Å². The molecule has 0 spiro atoms. The maximum absolute atomic E-state index is 9.75. The van der Waals surface area contributed by atoms with Crippen LogP contribution in [0.4, 0.5) is 57.3 Å². The molecule has 2 radical (unpaired) electrons. The second-order valence-corrected chi connectivity index (χ2v) is 36.2. The molecular formula is C98H126B2Cl2F8Ir2N4P2. The minimum absolute atomic E-state index is 0. The third-order valence-electron chi connectivity index (χ3n) is 18.7. The fourth-order valence-corrected chi connectivity index (χ4v) is 18.2. The summed E-state index contributed by atoms with van der Waals surface area (Å²) in [6, 6.07) is 81.4. The van der Waals surface area contributed by atoms with Crippen molar-refractivity contribution in [2.45, 2.75) is 216 Å². The Morgan fingerprint density at radius 3 is 0.602 bits per heavy atom. The van der Waals surface area contributed by atoms with Gasteiger partial charge in [-0.05, 0) is 199 Å². The predicted molar refractivity (Wildman–Crippen MR) is 502 cm³/mol. The molecule has 0 aliphatic heterocycles. The van der Waals surface area contributed by atoms with Crippen molar-refractivity contribution in [1.82, 2.24) is 0 Å². The molecule has 2 aliphatic rings. The van der Waals surface area contributed by atoms with Gasteiger partial charge in [0, 0.05) is 40.2 Å². The number of aliphatic imine (C=N–C) groups is 2. The van der Waals surface area contributed by atoms with Gasteiger partial charge in [-0.1, -0.05) is 341 Å². The number of nitrogens with zero attached hydrogens (tertiary/aromatic N) is 4. The molecule has 0 heterocycles. The maximum atomic E-state index is 9.75. The topological polar surface area (TPSA) is 31.2 Å². The maximum Gasteiger partial charge on any atom is 0.673 e. The summed E-state index contributed by atoms with van der Waals surface area (Å²) < 4.78 is 83.1. The van der Waals surface area contributed by atoms with Crippen LogP contribution in [0.15, 0.2) is 283 Å². The van der Waals surface area contributed by atoms with E-state index in [1.54, 1.807) is 0 Å². The Kier molecular flexibility index (Phi) is 52.9. The van der Waals surface area contributed by atoms with E-state index in [0.717, 1.165) is 11.4 Å². The van der Waals surface area contributed by atoms with Gasteiger partial charge in [-0.2, -0.15) is 9.34 Å². The summed E-state index contributed by atoms with van der Waals surface area (Å²) in [5.41, 5.74) is 16.9. The minimum atomic E-state index is -6.00. The molecule has 9 aromatic rings. The number of halogens is 10. The Labute approximate surface area is 743 Å². The van der Waals surface area contributed by atoms with Gasteiger partial charge < -0.3 is 34.5 Å². The quantitative estimate of drug-likeness (QED) is 0.0145. The van der Waals surface area contributed by atoms with E-state index in [9.17, 15) is 34.5 Å². The van der Waals surface area contributed by atoms with Crippen LogP contribution < -0.4 is 30.6 Å². The van der Waals surface area contributed by atoms with Gasteiger partial charge in [0.25, 0.3) is 0 Å². The van der Waals surface area contributed by atoms with E-state index in [1.165, 1.54) is 134 Å². The van der Waals surface area contributed by atoms with Crippen LogP contribution in [0.1, 0.15) is 260 Å². The molecule has 4 nitrogen and oxygen atoms in total. The van der Waals surface area contributed by atoms with E-state index in [-0.39, 0.29) is 45.5 Å². The second-order valence-electron chi connectivity index (χ2n) is 30.7. The van der Waals surface area contributed by atoms with Crippen LogP contribution in [0.2, 0.25) is 0 Å². The molecular weight excluding hydrogens is 1920 g/mol. The number of allylic oxidation sites excluding steroid dienone is 8. The van der Waals surface area contributed by atoms with E-state index in [0.29, 0.717) is 47.3 Å². The molecule has 0 aromatic heterocycles. The fourth-order valence-electron chi connectivity index (χ4n) is 13.1. The first-order chi connectivity index (χ1) is 55.2. The Balaban J connectivity index is 0.000000555. The molecule has 0 N–H and O–H groups in total. The van der Waals surface area contributed by atoms with Gasteiger partial charge in [0.05, 0.1) is 28.1 Å². The fraction of sp³-hybridized carbons (Fsp3) is 0.347. The molecule has 642 valence electrons. The van der Waals surface area contributed by atoms with Crippen molar-refractivity contribution >= 4 is 111 Å². The van der Waals surface area contributed by atoms with E-state index >= 15 is 0 Å². The molecule has 0 amide bonds. The predicted octanol–water partition coefficient (Wildman–Crippen LogP) is 31.6. The summed E-state index contributed by atoms with van der Waals surface area (Å²) in [6.45, 7) is 38.7. The number of para-hydroxylation sites is 4. The number of hydrogen-bond donors (Lipinski definition) is 0. The Bertz CT molecular complexity index is 3890. The van der Waals surface area contributed by atoms with Crippen molar-refractivity contribution in [3.8, 4) is 0 Å². The Hall–Kier alpha value is -6.81. The van der Waals surface area contributed by atoms with Crippen LogP contribution in [-0.4, -0.2) is 32.5 Å². The minimum Gasteiger partial charge on any atom is -0.418 e. The van der Waals surface area contributed by atoms with Crippen molar-refractivity contribution in [3.63, 3.8) is 0 Å². The number of aryl methyl sites for hydroxylation is 1. The summed E-state index contributed by atoms with van der Waals surface area (Å²) in [4.78, 5) is 10.8. The van der Waals surface area contributed by atoms with Gasteiger partial charge in [0.1, 0.15) is 33.9 Å². The molecule has 0 fully saturated rings. The molecule has 0 bridgehead atoms. The van der Waals surface area contributed by atoms with Crippen LogP contribution >= 0.6 is 39.3 Å². The van der Waals surface area contributed by atoms with Crippen molar-refractivity contribution in [2.24, 2.45) is 9.98 Å². The first kappa shape index (κ1) is 107. The van der Waals surface area contributed by atoms with Crippen LogP contribution in [0.25, 0.3) is 0 Å². The van der Waals surface area contributed by atoms with Crippen LogP contribution in [-0.2, 0) is 40.2 Å². The van der Waals surface area contributed by atoms with Gasteiger partial charge in [-0.3, -0.25) is 0 Å². The van der Waals surface area contributed by atoms with E-state index in [2.05, 4.69) is 395 Å². The summed E-state index contributed by atoms with van der Waals surface area (Å²) >= 11 is 9.53. The molecule has 0 unspecified atom stereocenters. The third kappa shape index (κ3) is 39.8. The molecule has 11 rings (SSSR count). The summed E-state index contributed by atoms with van der Waals surface area (Å²) in [5.74, 6) is 3.09. The number of rotatable bonds is 20. The molecule has 9 aromatic carbocycles. The summed E-state index contributed by atoms with van der Waals surface area (Å²) in [6.07, 6.45) is 32.4. The van der Waals surface area contributed by atoms with Crippen LogP contribution in [0, 0.1) is 6.92 Å². The van der Waals surface area contributed by atoms with Gasteiger partial charge >= 0.3 is 14.5 Å². The smallest absolute Gasteiger partial charge is 0.418 e. The molecule has 20 heteroatoms. The number of benzene rings is 9. The zero-order valence-corrected chi connectivity index (χ0v) is 80.3. The average Bonchev–Trinajstić information content (AvgIpc) is 0.774. The number of alkyl halides is 2.